The quantitative estimate of drug-likeness (QED) is 0.580. The van der Waals surface area contributed by atoms with Crippen LogP contribution in [-0.2, 0) is 11.2 Å². The van der Waals surface area contributed by atoms with E-state index in [1.165, 1.54) is 5.56 Å². The van der Waals surface area contributed by atoms with Crippen molar-refractivity contribution in [2.75, 3.05) is 20.2 Å². The van der Waals surface area contributed by atoms with E-state index in [9.17, 15) is 4.79 Å². The van der Waals surface area contributed by atoms with Crippen molar-refractivity contribution < 1.29 is 9.53 Å². The number of hydrogen-bond acceptors (Lipinski definition) is 4. The Labute approximate surface area is 184 Å². The molecule has 5 nitrogen and oxygen atoms in total. The molecule has 2 aromatic carbocycles. The van der Waals surface area contributed by atoms with Gasteiger partial charge in [-0.15, -0.1) is 0 Å². The van der Waals surface area contributed by atoms with Crippen LogP contribution in [0.4, 0.5) is 0 Å². The van der Waals surface area contributed by atoms with E-state index in [-0.39, 0.29) is 11.8 Å². The molecule has 1 aromatic heterocycles. The number of aryl methyl sites for hydroxylation is 2. The van der Waals surface area contributed by atoms with Crippen LogP contribution in [0.15, 0.2) is 60.9 Å². The van der Waals surface area contributed by atoms with Crippen LogP contribution in [0.1, 0.15) is 42.0 Å². The molecule has 1 atom stereocenters. The first kappa shape index (κ1) is 21.0. The average molecular weight is 416 g/mol. The summed E-state index contributed by atoms with van der Waals surface area (Å²) in [6.45, 7) is 3.62. The molecule has 1 aliphatic rings. The number of aromatic nitrogens is 2. The van der Waals surface area contributed by atoms with Crippen molar-refractivity contribution in [1.82, 2.24) is 14.9 Å². The van der Waals surface area contributed by atoms with Crippen molar-refractivity contribution in [2.45, 2.75) is 38.5 Å². The molecule has 0 radical (unpaired) electrons. The molecule has 2 heterocycles. The largest absolute Gasteiger partial charge is 0.497 e. The summed E-state index contributed by atoms with van der Waals surface area (Å²) in [7, 11) is 1.66. The Morgan fingerprint density at radius 3 is 2.77 bits per heavy atom. The van der Waals surface area contributed by atoms with Crippen molar-refractivity contribution in [3.8, 4) is 17.0 Å². The van der Waals surface area contributed by atoms with Gasteiger partial charge < -0.3 is 9.64 Å². The molecule has 1 unspecified atom stereocenters. The maximum absolute atomic E-state index is 12.9. The first-order valence-electron chi connectivity index (χ1n) is 10.9. The normalized spacial score (nSPS) is 16.2. The number of benzene rings is 2. The minimum Gasteiger partial charge on any atom is -0.497 e. The zero-order valence-electron chi connectivity index (χ0n) is 18.3. The Kier molecular flexibility index (Phi) is 6.60. The molecular weight excluding hydrogens is 386 g/mol. The van der Waals surface area contributed by atoms with Gasteiger partial charge in [-0.2, -0.15) is 0 Å². The minimum atomic E-state index is 0.211. The maximum atomic E-state index is 12.9. The molecule has 1 aliphatic heterocycles. The van der Waals surface area contributed by atoms with Crippen LogP contribution in [-0.4, -0.2) is 41.0 Å². The van der Waals surface area contributed by atoms with E-state index >= 15 is 0 Å². The number of hydrogen-bond donors (Lipinski definition) is 0. The standard InChI is InChI=1S/C26H29N3O2/c1-19-5-3-6-21(15-19)24-16-27-17-25(28-24)22-7-4-14-29(18-22)26(30)13-10-20-8-11-23(31-2)12-9-20/h3,5-6,8-9,11-12,15-17,22H,4,7,10,13-14,18H2,1-2H3. The van der Waals surface area contributed by atoms with Gasteiger partial charge in [-0.3, -0.25) is 9.78 Å². The second-order valence-electron chi connectivity index (χ2n) is 8.23. The van der Waals surface area contributed by atoms with Crippen molar-refractivity contribution in [1.29, 1.82) is 0 Å². The molecule has 4 rings (SSSR count). The second-order valence-corrected chi connectivity index (χ2v) is 8.23. The lowest BCUT2D eigenvalue weighted by molar-refractivity contribution is -0.132. The van der Waals surface area contributed by atoms with Gasteiger partial charge in [0.15, 0.2) is 0 Å². The number of nitrogens with zero attached hydrogens (tertiary/aromatic N) is 3. The number of methoxy groups -OCH3 is 1. The number of carbonyl (C=O) groups is 1. The Hall–Kier alpha value is -3.21. The second kappa shape index (κ2) is 9.73. The molecule has 0 saturated carbocycles. The Balaban J connectivity index is 1.40. The van der Waals surface area contributed by atoms with Gasteiger partial charge in [0.25, 0.3) is 0 Å². The monoisotopic (exact) mass is 415 g/mol. The number of rotatable bonds is 6. The first-order valence-corrected chi connectivity index (χ1v) is 10.9. The van der Waals surface area contributed by atoms with E-state index in [1.54, 1.807) is 7.11 Å². The van der Waals surface area contributed by atoms with Crippen molar-refractivity contribution in [3.05, 3.63) is 77.7 Å². The molecule has 1 fully saturated rings. The van der Waals surface area contributed by atoms with Gasteiger partial charge in [0.05, 0.1) is 24.7 Å². The fraction of sp³-hybridized carbons (Fsp3) is 0.346. The highest BCUT2D eigenvalue weighted by Crippen LogP contribution is 2.28. The topological polar surface area (TPSA) is 55.3 Å². The van der Waals surface area contributed by atoms with Crippen molar-refractivity contribution in [3.63, 3.8) is 0 Å². The predicted molar refractivity (Wildman–Crippen MR) is 122 cm³/mol. The number of ether oxygens (including phenoxy) is 1. The highest BCUT2D eigenvalue weighted by atomic mass is 16.5. The van der Waals surface area contributed by atoms with E-state index in [4.69, 9.17) is 9.72 Å². The molecule has 160 valence electrons. The minimum absolute atomic E-state index is 0.211. The van der Waals surface area contributed by atoms with Gasteiger partial charge in [0, 0.05) is 37.2 Å². The third-order valence-corrected chi connectivity index (χ3v) is 5.95. The van der Waals surface area contributed by atoms with E-state index in [2.05, 4.69) is 30.1 Å². The Morgan fingerprint density at radius 1 is 1.16 bits per heavy atom. The number of amides is 1. The molecule has 3 aromatic rings. The highest BCUT2D eigenvalue weighted by Gasteiger charge is 2.26. The first-order chi connectivity index (χ1) is 15.1. The third-order valence-electron chi connectivity index (χ3n) is 5.95. The van der Waals surface area contributed by atoms with Crippen LogP contribution in [0.25, 0.3) is 11.3 Å². The van der Waals surface area contributed by atoms with E-state index in [0.717, 1.165) is 54.1 Å². The number of piperidine rings is 1. The van der Waals surface area contributed by atoms with E-state index in [1.807, 2.05) is 47.6 Å². The molecule has 0 spiro atoms. The van der Waals surface area contributed by atoms with Gasteiger partial charge in [-0.1, -0.05) is 35.9 Å². The van der Waals surface area contributed by atoms with Crippen LogP contribution in [0.3, 0.4) is 0 Å². The molecular formula is C26H29N3O2. The Morgan fingerprint density at radius 2 is 2.00 bits per heavy atom. The molecule has 1 saturated heterocycles. The summed E-state index contributed by atoms with van der Waals surface area (Å²) >= 11 is 0. The molecule has 0 N–H and O–H groups in total. The number of carbonyl (C=O) groups excluding carboxylic acids is 1. The lowest BCUT2D eigenvalue weighted by Gasteiger charge is -2.32. The molecule has 1 amide bonds. The van der Waals surface area contributed by atoms with Gasteiger partial charge in [-0.25, -0.2) is 4.98 Å². The summed E-state index contributed by atoms with van der Waals surface area (Å²) in [6, 6.07) is 16.3. The number of likely N-dealkylation sites (tertiary alicyclic amines) is 1. The van der Waals surface area contributed by atoms with E-state index < -0.39 is 0 Å². The van der Waals surface area contributed by atoms with Crippen LogP contribution in [0.2, 0.25) is 0 Å². The predicted octanol–water partition coefficient (Wildman–Crippen LogP) is 4.80. The summed E-state index contributed by atoms with van der Waals surface area (Å²) in [6.07, 6.45) is 6.97. The molecule has 0 aliphatic carbocycles. The third kappa shape index (κ3) is 5.29. The van der Waals surface area contributed by atoms with Gasteiger partial charge in [-0.05, 0) is 49.9 Å². The summed E-state index contributed by atoms with van der Waals surface area (Å²) in [5, 5.41) is 0. The molecule has 0 bridgehead atoms. The lowest BCUT2D eigenvalue weighted by atomic mass is 9.94. The summed E-state index contributed by atoms with van der Waals surface area (Å²) in [5.74, 6) is 1.28. The smallest absolute Gasteiger partial charge is 0.222 e. The fourth-order valence-electron chi connectivity index (χ4n) is 4.17. The highest BCUT2D eigenvalue weighted by molar-refractivity contribution is 5.76. The zero-order valence-corrected chi connectivity index (χ0v) is 18.3. The average Bonchev–Trinajstić information content (AvgIpc) is 2.83. The Bertz CT molecular complexity index is 1030. The SMILES string of the molecule is COc1ccc(CCC(=O)N2CCCC(c3cncc(-c4cccc(C)c4)n3)C2)cc1. The van der Waals surface area contributed by atoms with Crippen molar-refractivity contribution in [2.24, 2.45) is 0 Å². The van der Waals surface area contributed by atoms with Crippen LogP contribution < -0.4 is 4.74 Å². The molecule has 5 heteroatoms. The van der Waals surface area contributed by atoms with Gasteiger partial charge in [0.1, 0.15) is 5.75 Å². The van der Waals surface area contributed by atoms with Gasteiger partial charge in [0.2, 0.25) is 5.91 Å². The summed E-state index contributed by atoms with van der Waals surface area (Å²) in [5.41, 5.74) is 5.31. The van der Waals surface area contributed by atoms with Crippen LogP contribution in [0.5, 0.6) is 5.75 Å². The zero-order chi connectivity index (χ0) is 21.6. The van der Waals surface area contributed by atoms with Crippen LogP contribution >= 0.6 is 0 Å². The van der Waals surface area contributed by atoms with Crippen LogP contribution in [0, 0.1) is 6.92 Å². The maximum Gasteiger partial charge on any atom is 0.222 e. The van der Waals surface area contributed by atoms with Crippen molar-refractivity contribution >= 4 is 5.91 Å². The fourth-order valence-corrected chi connectivity index (χ4v) is 4.17. The summed E-state index contributed by atoms with van der Waals surface area (Å²) < 4.78 is 5.20. The van der Waals surface area contributed by atoms with E-state index in [0.29, 0.717) is 13.0 Å². The van der Waals surface area contributed by atoms with Gasteiger partial charge >= 0.3 is 0 Å². The lowest BCUT2D eigenvalue weighted by Crippen LogP contribution is -2.39. The summed E-state index contributed by atoms with van der Waals surface area (Å²) in [4.78, 5) is 24.2. The molecule has 31 heavy (non-hydrogen) atoms.